The summed E-state index contributed by atoms with van der Waals surface area (Å²) in [7, 11) is 0. The number of nitrogens with one attached hydrogen (secondary N) is 1. The van der Waals surface area contributed by atoms with Gasteiger partial charge in [0, 0.05) is 11.1 Å². The van der Waals surface area contributed by atoms with Gasteiger partial charge in [-0.1, -0.05) is 30.7 Å². The molecule has 1 N–H and O–H groups in total. The molecule has 1 unspecified atom stereocenters. The van der Waals surface area contributed by atoms with Gasteiger partial charge in [-0.25, -0.2) is 0 Å². The van der Waals surface area contributed by atoms with Crippen molar-refractivity contribution in [3.8, 4) is 0 Å². The number of carbonyl (C=O) groups is 1. The van der Waals surface area contributed by atoms with Gasteiger partial charge < -0.3 is 5.32 Å². The van der Waals surface area contributed by atoms with E-state index in [9.17, 15) is 4.79 Å². The molecule has 94 valence electrons. The number of carbonyl (C=O) groups excluding carboxylic acids is 1. The number of rotatable bonds is 4. The summed E-state index contributed by atoms with van der Waals surface area (Å²) in [5.74, 6) is 0.0502. The number of halogens is 1. The molecular weight excluding hydrogens is 234 g/mol. The molecule has 0 spiro atoms. The minimum Gasteiger partial charge on any atom is -0.353 e. The summed E-state index contributed by atoms with van der Waals surface area (Å²) in [6.07, 6.45) is 0.933. The lowest BCUT2D eigenvalue weighted by atomic mass is 9.83. The summed E-state index contributed by atoms with van der Waals surface area (Å²) in [5, 5.41) is 3.70. The van der Waals surface area contributed by atoms with Crippen molar-refractivity contribution in [3.05, 3.63) is 34.9 Å². The van der Waals surface area contributed by atoms with Crippen molar-refractivity contribution >= 4 is 17.5 Å². The Bertz CT molecular complexity index is 384. The Morgan fingerprint density at radius 2 is 1.88 bits per heavy atom. The zero-order valence-corrected chi connectivity index (χ0v) is 11.6. The van der Waals surface area contributed by atoms with Gasteiger partial charge in [0.25, 0.3) is 0 Å². The van der Waals surface area contributed by atoms with Crippen LogP contribution in [-0.4, -0.2) is 11.9 Å². The van der Waals surface area contributed by atoms with E-state index in [0.29, 0.717) is 5.02 Å². The van der Waals surface area contributed by atoms with Crippen molar-refractivity contribution in [2.24, 2.45) is 0 Å². The second-order valence-corrected chi connectivity index (χ2v) is 5.35. The molecule has 1 aromatic rings. The standard InChI is InChI=1S/C14H20ClNO/c1-5-10(2)16-13(17)14(3,4)11-6-8-12(15)9-7-11/h6-10H,5H2,1-4H3,(H,16,17). The molecule has 0 aromatic heterocycles. The summed E-state index contributed by atoms with van der Waals surface area (Å²) >= 11 is 5.85. The molecule has 0 bridgehead atoms. The molecular formula is C14H20ClNO. The van der Waals surface area contributed by atoms with E-state index >= 15 is 0 Å². The smallest absolute Gasteiger partial charge is 0.230 e. The number of amides is 1. The lowest BCUT2D eigenvalue weighted by Gasteiger charge is -2.26. The van der Waals surface area contributed by atoms with Crippen molar-refractivity contribution in [1.82, 2.24) is 5.32 Å². The van der Waals surface area contributed by atoms with E-state index in [0.717, 1.165) is 12.0 Å². The minimum absolute atomic E-state index is 0.0502. The maximum absolute atomic E-state index is 12.2. The largest absolute Gasteiger partial charge is 0.353 e. The van der Waals surface area contributed by atoms with Crippen molar-refractivity contribution in [3.63, 3.8) is 0 Å². The molecule has 0 heterocycles. The van der Waals surface area contributed by atoms with Crippen LogP contribution in [0.2, 0.25) is 5.02 Å². The van der Waals surface area contributed by atoms with E-state index in [1.807, 2.05) is 45.0 Å². The molecule has 1 rings (SSSR count). The third kappa shape index (κ3) is 3.47. The van der Waals surface area contributed by atoms with Crippen LogP contribution in [0, 0.1) is 0 Å². The molecule has 0 aliphatic heterocycles. The van der Waals surface area contributed by atoms with Gasteiger partial charge in [-0.2, -0.15) is 0 Å². The third-order valence-electron chi connectivity index (χ3n) is 3.12. The summed E-state index contributed by atoms with van der Waals surface area (Å²) in [6, 6.07) is 7.63. The zero-order chi connectivity index (χ0) is 13.1. The van der Waals surface area contributed by atoms with Crippen LogP contribution in [0.25, 0.3) is 0 Å². The first-order valence-electron chi connectivity index (χ1n) is 5.95. The van der Waals surface area contributed by atoms with Gasteiger partial charge in [0.05, 0.1) is 5.41 Å². The highest BCUT2D eigenvalue weighted by atomic mass is 35.5. The Hall–Kier alpha value is -1.02. The van der Waals surface area contributed by atoms with Crippen LogP contribution >= 0.6 is 11.6 Å². The first-order chi connectivity index (χ1) is 7.87. The topological polar surface area (TPSA) is 29.1 Å². The van der Waals surface area contributed by atoms with Gasteiger partial charge in [0.15, 0.2) is 0 Å². The first-order valence-corrected chi connectivity index (χ1v) is 6.32. The Morgan fingerprint density at radius 1 is 1.35 bits per heavy atom. The van der Waals surface area contributed by atoms with Crippen LogP contribution in [0.5, 0.6) is 0 Å². The SMILES string of the molecule is CCC(C)NC(=O)C(C)(C)c1ccc(Cl)cc1. The molecule has 1 amide bonds. The van der Waals surface area contributed by atoms with Crippen LogP contribution in [0.1, 0.15) is 39.7 Å². The van der Waals surface area contributed by atoms with Gasteiger partial charge in [-0.05, 0) is 44.9 Å². The van der Waals surface area contributed by atoms with Gasteiger partial charge >= 0.3 is 0 Å². The number of benzene rings is 1. The average Bonchev–Trinajstić information content (AvgIpc) is 2.29. The molecule has 0 aliphatic carbocycles. The van der Waals surface area contributed by atoms with E-state index in [4.69, 9.17) is 11.6 Å². The summed E-state index contributed by atoms with van der Waals surface area (Å²) in [5.41, 5.74) is 0.441. The fourth-order valence-corrected chi connectivity index (χ4v) is 1.63. The fourth-order valence-electron chi connectivity index (χ4n) is 1.50. The van der Waals surface area contributed by atoms with E-state index in [1.165, 1.54) is 0 Å². The molecule has 3 heteroatoms. The maximum atomic E-state index is 12.2. The summed E-state index contributed by atoms with van der Waals surface area (Å²) in [6.45, 7) is 7.91. The number of hydrogen-bond donors (Lipinski definition) is 1. The lowest BCUT2D eigenvalue weighted by molar-refractivity contribution is -0.126. The van der Waals surface area contributed by atoms with E-state index in [2.05, 4.69) is 12.2 Å². The Balaban J connectivity index is 2.86. The van der Waals surface area contributed by atoms with E-state index in [1.54, 1.807) is 0 Å². The van der Waals surface area contributed by atoms with Gasteiger partial charge in [-0.3, -0.25) is 4.79 Å². The third-order valence-corrected chi connectivity index (χ3v) is 3.38. The fraction of sp³-hybridized carbons (Fsp3) is 0.500. The molecule has 2 nitrogen and oxygen atoms in total. The van der Waals surface area contributed by atoms with Crippen LogP contribution in [-0.2, 0) is 10.2 Å². The molecule has 0 saturated heterocycles. The van der Waals surface area contributed by atoms with Gasteiger partial charge in [0.2, 0.25) is 5.91 Å². The Morgan fingerprint density at radius 3 is 2.35 bits per heavy atom. The molecule has 0 saturated carbocycles. The highest BCUT2D eigenvalue weighted by Crippen LogP contribution is 2.25. The van der Waals surface area contributed by atoms with Crippen molar-refractivity contribution < 1.29 is 4.79 Å². The van der Waals surface area contributed by atoms with Gasteiger partial charge in [0.1, 0.15) is 0 Å². The van der Waals surface area contributed by atoms with Gasteiger partial charge in [-0.15, -0.1) is 0 Å². The molecule has 1 atom stereocenters. The second-order valence-electron chi connectivity index (χ2n) is 4.91. The zero-order valence-electron chi connectivity index (χ0n) is 10.9. The van der Waals surface area contributed by atoms with Crippen molar-refractivity contribution in [2.75, 3.05) is 0 Å². The molecule has 0 aliphatic rings. The molecule has 0 radical (unpaired) electrons. The van der Waals surface area contributed by atoms with Crippen molar-refractivity contribution in [1.29, 1.82) is 0 Å². The monoisotopic (exact) mass is 253 g/mol. The summed E-state index contributed by atoms with van der Waals surface area (Å²) < 4.78 is 0. The van der Waals surface area contributed by atoms with Crippen molar-refractivity contribution in [2.45, 2.75) is 45.6 Å². The van der Waals surface area contributed by atoms with Crippen LogP contribution in [0.15, 0.2) is 24.3 Å². The molecule has 0 fully saturated rings. The predicted molar refractivity (Wildman–Crippen MR) is 72.4 cm³/mol. The molecule has 1 aromatic carbocycles. The first kappa shape index (κ1) is 14.0. The maximum Gasteiger partial charge on any atom is 0.230 e. The lowest BCUT2D eigenvalue weighted by Crippen LogP contribution is -2.43. The highest BCUT2D eigenvalue weighted by molar-refractivity contribution is 6.30. The van der Waals surface area contributed by atoms with E-state index in [-0.39, 0.29) is 11.9 Å². The van der Waals surface area contributed by atoms with Crippen LogP contribution in [0.4, 0.5) is 0 Å². The van der Waals surface area contributed by atoms with Crippen LogP contribution < -0.4 is 5.32 Å². The van der Waals surface area contributed by atoms with E-state index < -0.39 is 5.41 Å². The number of hydrogen-bond acceptors (Lipinski definition) is 1. The van der Waals surface area contributed by atoms with Crippen LogP contribution in [0.3, 0.4) is 0 Å². The minimum atomic E-state index is -0.534. The Kier molecular flexibility index (Phi) is 4.58. The second kappa shape index (κ2) is 5.54. The normalized spacial score (nSPS) is 13.2. The molecule has 17 heavy (non-hydrogen) atoms. The quantitative estimate of drug-likeness (QED) is 0.874. The average molecular weight is 254 g/mol. The summed E-state index contributed by atoms with van der Waals surface area (Å²) in [4.78, 5) is 12.2. The highest BCUT2D eigenvalue weighted by Gasteiger charge is 2.30. The predicted octanol–water partition coefficient (Wildman–Crippen LogP) is 3.53. The Labute approximate surface area is 108 Å².